The van der Waals surface area contributed by atoms with Gasteiger partial charge in [0.15, 0.2) is 0 Å². The predicted octanol–water partition coefficient (Wildman–Crippen LogP) is -0.464. The second-order valence-corrected chi connectivity index (χ2v) is 6.01. The van der Waals surface area contributed by atoms with E-state index in [1.165, 1.54) is 43.3 Å². The monoisotopic (exact) mass is 360 g/mol. The maximum Gasteiger partial charge on any atom is 0.331 e. The van der Waals surface area contributed by atoms with Crippen molar-refractivity contribution >= 4 is 11.8 Å². The van der Waals surface area contributed by atoms with E-state index in [4.69, 9.17) is 0 Å². The number of hydrogen-bond acceptors (Lipinski definition) is 4. The molecule has 0 spiro atoms. The van der Waals surface area contributed by atoms with Crippen molar-refractivity contribution in [2.24, 2.45) is 14.1 Å². The van der Waals surface area contributed by atoms with Gasteiger partial charge in [-0.05, 0) is 17.7 Å². The molecule has 8 nitrogen and oxygen atoms in total. The minimum absolute atomic E-state index is 0.111. The summed E-state index contributed by atoms with van der Waals surface area (Å²) in [5.74, 6) is -1.49. The van der Waals surface area contributed by atoms with E-state index in [9.17, 15) is 23.6 Å². The minimum Gasteiger partial charge on any atom is -0.352 e. The number of nitrogens with one attached hydrogen (secondary N) is 1. The van der Waals surface area contributed by atoms with Crippen LogP contribution in [0.1, 0.15) is 22.1 Å². The van der Waals surface area contributed by atoms with Gasteiger partial charge in [0.1, 0.15) is 17.6 Å². The number of hydrogen-bond donors (Lipinski definition) is 1. The quantitative estimate of drug-likeness (QED) is 0.784. The van der Waals surface area contributed by atoms with Crippen LogP contribution in [-0.2, 0) is 18.9 Å². The van der Waals surface area contributed by atoms with Crippen LogP contribution in [0.4, 0.5) is 4.39 Å². The summed E-state index contributed by atoms with van der Waals surface area (Å²) < 4.78 is 15.1. The molecule has 1 fully saturated rings. The summed E-state index contributed by atoms with van der Waals surface area (Å²) in [6, 6.07) is 5.35. The van der Waals surface area contributed by atoms with Gasteiger partial charge in [-0.3, -0.25) is 23.5 Å². The Bertz CT molecular complexity index is 993. The van der Waals surface area contributed by atoms with Gasteiger partial charge in [-0.1, -0.05) is 12.1 Å². The summed E-state index contributed by atoms with van der Waals surface area (Å²) in [7, 11) is 2.69. The van der Waals surface area contributed by atoms with E-state index >= 15 is 0 Å². The van der Waals surface area contributed by atoms with Crippen molar-refractivity contribution in [3.63, 3.8) is 0 Å². The van der Waals surface area contributed by atoms with E-state index in [-0.39, 0.29) is 18.8 Å². The molecule has 1 aromatic heterocycles. The third-order valence-corrected chi connectivity index (χ3v) is 4.40. The molecule has 2 amide bonds. The van der Waals surface area contributed by atoms with Gasteiger partial charge in [-0.25, -0.2) is 9.18 Å². The molecule has 3 rings (SSSR count). The first-order valence-electron chi connectivity index (χ1n) is 7.92. The van der Waals surface area contributed by atoms with Gasteiger partial charge in [0.05, 0.1) is 0 Å². The Kier molecular flexibility index (Phi) is 4.45. The predicted molar refractivity (Wildman–Crippen MR) is 90.1 cm³/mol. The van der Waals surface area contributed by atoms with Gasteiger partial charge in [0, 0.05) is 33.3 Å². The van der Waals surface area contributed by atoms with Crippen molar-refractivity contribution in [2.45, 2.75) is 6.04 Å². The van der Waals surface area contributed by atoms with Crippen molar-refractivity contribution < 1.29 is 14.0 Å². The number of halogens is 1. The first kappa shape index (κ1) is 17.6. The smallest absolute Gasteiger partial charge is 0.331 e. The van der Waals surface area contributed by atoms with Crippen LogP contribution in [-0.4, -0.2) is 38.9 Å². The first-order chi connectivity index (χ1) is 12.3. The molecule has 1 N–H and O–H groups in total. The fraction of sp³-hybridized carbons (Fsp3) is 0.294. The molecule has 136 valence electrons. The van der Waals surface area contributed by atoms with Crippen LogP contribution in [0, 0.1) is 5.82 Å². The molecule has 1 aliphatic rings. The summed E-state index contributed by atoms with van der Waals surface area (Å²) in [4.78, 5) is 50.6. The van der Waals surface area contributed by atoms with E-state index in [0.29, 0.717) is 5.56 Å². The van der Waals surface area contributed by atoms with E-state index in [2.05, 4.69) is 5.32 Å². The molecule has 0 saturated carbocycles. The number of carbonyl (C=O) groups is 2. The molecular formula is C17H17FN4O4. The van der Waals surface area contributed by atoms with Crippen LogP contribution in [0.25, 0.3) is 0 Å². The maximum atomic E-state index is 13.2. The Hall–Kier alpha value is -3.23. The summed E-state index contributed by atoms with van der Waals surface area (Å²) in [5.41, 5.74) is -0.928. The first-order valence-corrected chi connectivity index (χ1v) is 7.92. The number of amides is 2. The van der Waals surface area contributed by atoms with Crippen LogP contribution in [0.5, 0.6) is 0 Å². The molecule has 0 radical (unpaired) electrons. The molecule has 0 bridgehead atoms. The number of nitrogens with zero attached hydrogens (tertiary/aromatic N) is 3. The Morgan fingerprint density at radius 3 is 2.42 bits per heavy atom. The summed E-state index contributed by atoms with van der Waals surface area (Å²) in [6.45, 7) is 0.428. The topological polar surface area (TPSA) is 93.4 Å². The molecule has 9 heteroatoms. The lowest BCUT2D eigenvalue weighted by Gasteiger charge is -2.35. The van der Waals surface area contributed by atoms with Gasteiger partial charge in [0.2, 0.25) is 5.91 Å². The fourth-order valence-electron chi connectivity index (χ4n) is 2.95. The molecule has 1 atom stereocenters. The Balaban J connectivity index is 2.07. The van der Waals surface area contributed by atoms with Crippen LogP contribution in [0.15, 0.2) is 39.9 Å². The molecule has 1 aliphatic heterocycles. The van der Waals surface area contributed by atoms with Gasteiger partial charge in [0.25, 0.3) is 11.5 Å². The maximum absolute atomic E-state index is 13.2. The van der Waals surface area contributed by atoms with Crippen molar-refractivity contribution in [3.8, 4) is 0 Å². The zero-order chi connectivity index (χ0) is 19.0. The van der Waals surface area contributed by atoms with E-state index in [0.717, 1.165) is 15.2 Å². The number of piperazine rings is 1. The van der Waals surface area contributed by atoms with Crippen molar-refractivity contribution in [2.75, 3.05) is 13.1 Å². The Morgan fingerprint density at radius 1 is 1.12 bits per heavy atom. The third kappa shape index (κ3) is 2.92. The highest BCUT2D eigenvalue weighted by molar-refractivity contribution is 5.97. The lowest BCUT2D eigenvalue weighted by Crippen LogP contribution is -2.53. The largest absolute Gasteiger partial charge is 0.352 e. The second kappa shape index (κ2) is 6.58. The average Bonchev–Trinajstić information content (AvgIpc) is 2.63. The molecule has 2 aromatic rings. The normalized spacial score (nSPS) is 17.1. The zero-order valence-electron chi connectivity index (χ0n) is 14.2. The Labute approximate surface area is 147 Å². The van der Waals surface area contributed by atoms with Gasteiger partial charge in [-0.2, -0.15) is 0 Å². The summed E-state index contributed by atoms with van der Waals surface area (Å²) in [6.07, 6.45) is 0. The fourth-order valence-corrected chi connectivity index (χ4v) is 2.95. The molecule has 1 aromatic carbocycles. The van der Waals surface area contributed by atoms with Gasteiger partial charge in [-0.15, -0.1) is 0 Å². The molecule has 2 heterocycles. The lowest BCUT2D eigenvalue weighted by atomic mass is 10.0. The summed E-state index contributed by atoms with van der Waals surface area (Å²) in [5, 5.41) is 2.67. The molecule has 26 heavy (non-hydrogen) atoms. The number of benzene rings is 1. The standard InChI is InChI=1S/C17H17FN4O4/c1-20-12(9-13(23)21(2)17(20)26)16(25)22-8-7-19-15(24)14(22)10-3-5-11(18)6-4-10/h3-6,9,14H,7-8H2,1-2H3,(H,19,24)/t14-/m1/s1. The number of carbonyl (C=O) groups excluding carboxylic acids is 2. The van der Waals surface area contributed by atoms with Crippen LogP contribution >= 0.6 is 0 Å². The molecule has 1 saturated heterocycles. The molecular weight excluding hydrogens is 343 g/mol. The van der Waals surface area contributed by atoms with Crippen molar-refractivity contribution in [3.05, 3.63) is 68.2 Å². The SMILES string of the molecule is Cn1c(C(=O)N2CCNC(=O)[C@H]2c2ccc(F)cc2)cc(=O)n(C)c1=O. The van der Waals surface area contributed by atoms with E-state index < -0.39 is 34.9 Å². The second-order valence-electron chi connectivity index (χ2n) is 6.01. The highest BCUT2D eigenvalue weighted by Crippen LogP contribution is 2.25. The number of aromatic nitrogens is 2. The van der Waals surface area contributed by atoms with E-state index in [1.807, 2.05) is 0 Å². The van der Waals surface area contributed by atoms with E-state index in [1.54, 1.807) is 0 Å². The van der Waals surface area contributed by atoms with Crippen LogP contribution in [0.3, 0.4) is 0 Å². The highest BCUT2D eigenvalue weighted by Gasteiger charge is 2.35. The molecule has 0 unspecified atom stereocenters. The van der Waals surface area contributed by atoms with Crippen molar-refractivity contribution in [1.82, 2.24) is 19.4 Å². The average molecular weight is 360 g/mol. The highest BCUT2D eigenvalue weighted by atomic mass is 19.1. The van der Waals surface area contributed by atoms with Crippen molar-refractivity contribution in [1.29, 1.82) is 0 Å². The van der Waals surface area contributed by atoms with Gasteiger partial charge >= 0.3 is 5.69 Å². The van der Waals surface area contributed by atoms with Gasteiger partial charge < -0.3 is 10.2 Å². The third-order valence-electron chi connectivity index (χ3n) is 4.40. The van der Waals surface area contributed by atoms with Crippen LogP contribution in [0.2, 0.25) is 0 Å². The van der Waals surface area contributed by atoms with Crippen LogP contribution < -0.4 is 16.6 Å². The lowest BCUT2D eigenvalue weighted by molar-refractivity contribution is -0.128. The zero-order valence-corrected chi connectivity index (χ0v) is 14.2. The molecule has 0 aliphatic carbocycles. The minimum atomic E-state index is -0.976. The Morgan fingerprint density at radius 2 is 1.77 bits per heavy atom. The summed E-state index contributed by atoms with van der Waals surface area (Å²) >= 11 is 0. The number of rotatable bonds is 2.